The molecule has 0 unspecified atom stereocenters. The van der Waals surface area contributed by atoms with E-state index >= 15 is 4.79 Å². The molecule has 1 aliphatic heterocycles. The zero-order chi connectivity index (χ0) is 40.6. The largest absolute Gasteiger partial charge is 0.497 e. The zero-order valence-corrected chi connectivity index (χ0v) is 34.4. The lowest BCUT2D eigenvalue weighted by atomic mass is 9.53. The maximum absolute atomic E-state index is 15.9. The Balaban J connectivity index is 1.30. The van der Waals surface area contributed by atoms with Gasteiger partial charge in [0.15, 0.2) is 11.6 Å². The second kappa shape index (κ2) is 16.3. The molecule has 4 aliphatic rings. The molecule has 0 radical (unpaired) electrons. The number of benzene rings is 3. The summed E-state index contributed by atoms with van der Waals surface area (Å²) >= 11 is 0. The molecule has 4 fully saturated rings. The molecule has 9 atom stereocenters. The molecule has 3 aromatic rings. The lowest BCUT2D eigenvalue weighted by Crippen LogP contribution is -2.70. The van der Waals surface area contributed by atoms with Gasteiger partial charge in [-0.3, -0.25) is 4.79 Å². The average molecular weight is 789 g/mol. The highest BCUT2D eigenvalue weighted by Crippen LogP contribution is 2.62. The summed E-state index contributed by atoms with van der Waals surface area (Å²) in [6.07, 6.45) is -2.45. The maximum atomic E-state index is 15.9. The standard InChI is InChI=1S/C46H60O11/c1-42(2)35-21-22-46(42,49)37(47)23-36-44(5,41(48)40(35)54-27-32-15-19-34(51-7)20-16-32)38(55-29-52-25-30-11-9-8-10-12-30)24-39(45(36)28-56-43(3,4)57-45)53-26-31-13-17-33(50-6)18-14-31/h8-20,35-40,47,49H,21-29H2,1-7H3/t35-,36+,37+,38+,39-,40-,44+,45-,46+/m1/s1. The second-order valence-electron chi connectivity index (χ2n) is 17.6. The van der Waals surface area contributed by atoms with Crippen molar-refractivity contribution in [3.8, 4) is 11.5 Å². The first-order valence-electron chi connectivity index (χ1n) is 20.2. The summed E-state index contributed by atoms with van der Waals surface area (Å²) in [5, 5.41) is 25.0. The third-order valence-corrected chi connectivity index (χ3v) is 13.7. The Labute approximate surface area is 336 Å². The second-order valence-corrected chi connectivity index (χ2v) is 17.6. The van der Waals surface area contributed by atoms with Crippen molar-refractivity contribution in [3.63, 3.8) is 0 Å². The number of aliphatic hydroxyl groups excluding tert-OH is 1. The van der Waals surface area contributed by atoms with E-state index in [0.717, 1.165) is 28.2 Å². The van der Waals surface area contributed by atoms with Crippen molar-refractivity contribution in [2.24, 2.45) is 22.7 Å². The fourth-order valence-corrected chi connectivity index (χ4v) is 10.2. The van der Waals surface area contributed by atoms with Gasteiger partial charge in [0.1, 0.15) is 30.0 Å². The number of methoxy groups -OCH3 is 2. The highest BCUT2D eigenvalue weighted by Gasteiger charge is 2.72. The van der Waals surface area contributed by atoms with Gasteiger partial charge in [-0.15, -0.1) is 0 Å². The van der Waals surface area contributed by atoms with Crippen LogP contribution in [-0.2, 0) is 53.0 Å². The molecular weight excluding hydrogens is 728 g/mol. The molecule has 7 rings (SSSR count). The van der Waals surface area contributed by atoms with Crippen LogP contribution in [0.25, 0.3) is 0 Å². The van der Waals surface area contributed by atoms with Crippen molar-refractivity contribution in [2.45, 2.75) is 122 Å². The van der Waals surface area contributed by atoms with Gasteiger partial charge in [0, 0.05) is 23.7 Å². The summed E-state index contributed by atoms with van der Waals surface area (Å²) < 4.78 is 50.7. The smallest absolute Gasteiger partial charge is 0.170 e. The first kappa shape index (κ1) is 41.8. The number of fused-ring (bicyclic) bond motifs is 4. The van der Waals surface area contributed by atoms with Gasteiger partial charge < -0.3 is 48.1 Å². The highest BCUT2D eigenvalue weighted by molar-refractivity contribution is 5.90. The molecule has 11 nitrogen and oxygen atoms in total. The quantitative estimate of drug-likeness (QED) is 0.140. The van der Waals surface area contributed by atoms with Gasteiger partial charge in [-0.25, -0.2) is 0 Å². The molecule has 0 aromatic heterocycles. The minimum atomic E-state index is -1.52. The van der Waals surface area contributed by atoms with Crippen molar-refractivity contribution in [2.75, 3.05) is 27.6 Å². The van der Waals surface area contributed by atoms with Gasteiger partial charge >= 0.3 is 0 Å². The molecular formula is C46H60O11. The number of Topliss-reactive ketones (excluding diaryl/α,β-unsaturated/α-hetero) is 1. The fourth-order valence-electron chi connectivity index (χ4n) is 10.2. The number of hydrogen-bond donors (Lipinski definition) is 2. The first-order chi connectivity index (χ1) is 27.2. The Morgan fingerprint density at radius 2 is 1.33 bits per heavy atom. The normalized spacial score (nSPS) is 34.3. The fraction of sp³-hybridized carbons (Fsp3) is 0.587. The Morgan fingerprint density at radius 1 is 0.737 bits per heavy atom. The van der Waals surface area contributed by atoms with Gasteiger partial charge in [-0.05, 0) is 81.0 Å². The number of ketones is 1. The number of rotatable bonds is 13. The van der Waals surface area contributed by atoms with E-state index in [1.165, 1.54) is 0 Å². The van der Waals surface area contributed by atoms with E-state index in [4.69, 9.17) is 37.9 Å². The SMILES string of the molecule is COc1ccc(CO[C@H]2C(=O)[C@]3(C)[C@@H](OCOCc4ccccc4)C[C@@H](OCc4ccc(OC)cc4)[C@@]4(COC(C)(C)O4)[C@H]3C[C@H](O)[C@@]3(O)CC[C@H]2C3(C)C)cc1. The topological polar surface area (TPSA) is 131 Å². The van der Waals surface area contributed by atoms with Crippen LogP contribution in [0.4, 0.5) is 0 Å². The number of aliphatic hydroxyl groups is 2. The van der Waals surface area contributed by atoms with Crippen molar-refractivity contribution in [1.29, 1.82) is 0 Å². The van der Waals surface area contributed by atoms with Gasteiger partial charge in [0.05, 0.1) is 70.0 Å². The van der Waals surface area contributed by atoms with E-state index in [0.29, 0.717) is 19.4 Å². The Bertz CT molecular complexity index is 1810. The lowest BCUT2D eigenvalue weighted by molar-refractivity contribution is -0.277. The number of hydrogen-bond acceptors (Lipinski definition) is 11. The summed E-state index contributed by atoms with van der Waals surface area (Å²) in [5.74, 6) is -0.886. The van der Waals surface area contributed by atoms with E-state index in [1.54, 1.807) is 14.2 Å². The Morgan fingerprint density at radius 3 is 1.91 bits per heavy atom. The first-order valence-corrected chi connectivity index (χ1v) is 20.2. The van der Waals surface area contributed by atoms with Crippen LogP contribution in [0.2, 0.25) is 0 Å². The minimum absolute atomic E-state index is 0.0344. The van der Waals surface area contributed by atoms with Crippen LogP contribution in [0.3, 0.4) is 0 Å². The molecule has 11 heteroatoms. The van der Waals surface area contributed by atoms with E-state index in [-0.39, 0.29) is 45.2 Å². The third kappa shape index (κ3) is 7.78. The van der Waals surface area contributed by atoms with Crippen molar-refractivity contribution < 1.29 is 52.9 Å². The molecule has 2 bridgehead atoms. The molecule has 3 aromatic carbocycles. The molecule has 3 saturated carbocycles. The van der Waals surface area contributed by atoms with Crippen LogP contribution >= 0.6 is 0 Å². The van der Waals surface area contributed by atoms with Gasteiger partial charge in [-0.2, -0.15) is 0 Å². The number of ether oxygens (including phenoxy) is 8. The molecule has 2 N–H and O–H groups in total. The molecule has 3 aliphatic carbocycles. The molecule has 1 saturated heterocycles. The average Bonchev–Trinajstić information content (AvgIpc) is 3.67. The predicted octanol–water partition coefficient (Wildman–Crippen LogP) is 6.78. The summed E-state index contributed by atoms with van der Waals surface area (Å²) in [6.45, 7) is 10.3. The van der Waals surface area contributed by atoms with Crippen LogP contribution in [-0.4, -0.2) is 85.0 Å². The lowest BCUT2D eigenvalue weighted by Gasteiger charge is -2.58. The van der Waals surface area contributed by atoms with Crippen LogP contribution in [0.1, 0.15) is 77.0 Å². The summed E-state index contributed by atoms with van der Waals surface area (Å²) in [5.41, 5.74) is -2.15. The van der Waals surface area contributed by atoms with Crippen LogP contribution in [0.15, 0.2) is 78.9 Å². The zero-order valence-electron chi connectivity index (χ0n) is 34.4. The van der Waals surface area contributed by atoms with E-state index in [1.807, 2.05) is 113 Å². The van der Waals surface area contributed by atoms with Crippen molar-refractivity contribution in [1.82, 2.24) is 0 Å². The van der Waals surface area contributed by atoms with Gasteiger partial charge in [0.2, 0.25) is 0 Å². The third-order valence-electron chi connectivity index (χ3n) is 13.7. The minimum Gasteiger partial charge on any atom is -0.497 e. The van der Waals surface area contributed by atoms with Crippen LogP contribution in [0.5, 0.6) is 11.5 Å². The van der Waals surface area contributed by atoms with Crippen LogP contribution in [0, 0.1) is 22.7 Å². The van der Waals surface area contributed by atoms with E-state index < -0.39 is 64.1 Å². The predicted molar refractivity (Wildman–Crippen MR) is 211 cm³/mol. The molecule has 57 heavy (non-hydrogen) atoms. The highest BCUT2D eigenvalue weighted by atomic mass is 16.8. The number of carbonyl (C=O) groups is 1. The van der Waals surface area contributed by atoms with Crippen LogP contribution < -0.4 is 9.47 Å². The Kier molecular flexibility index (Phi) is 12.0. The molecule has 310 valence electrons. The monoisotopic (exact) mass is 788 g/mol. The summed E-state index contributed by atoms with van der Waals surface area (Å²) in [6, 6.07) is 25.1. The molecule has 1 heterocycles. The molecule has 1 spiro atoms. The van der Waals surface area contributed by atoms with E-state index in [9.17, 15) is 10.2 Å². The summed E-state index contributed by atoms with van der Waals surface area (Å²) in [7, 11) is 3.25. The molecule has 0 amide bonds. The van der Waals surface area contributed by atoms with Gasteiger partial charge in [-0.1, -0.05) is 68.4 Å². The van der Waals surface area contributed by atoms with Crippen molar-refractivity contribution in [3.05, 3.63) is 95.6 Å². The number of carbonyl (C=O) groups excluding carboxylic acids is 1. The van der Waals surface area contributed by atoms with Gasteiger partial charge in [0.25, 0.3) is 0 Å². The Hall–Kier alpha value is -3.39. The van der Waals surface area contributed by atoms with E-state index in [2.05, 4.69) is 0 Å². The summed E-state index contributed by atoms with van der Waals surface area (Å²) in [4.78, 5) is 15.9. The maximum Gasteiger partial charge on any atom is 0.170 e. The van der Waals surface area contributed by atoms with Crippen molar-refractivity contribution >= 4 is 5.78 Å².